The Morgan fingerprint density at radius 2 is 1.74 bits per heavy atom. The van der Waals surface area contributed by atoms with Crippen molar-refractivity contribution in [3.05, 3.63) is 0 Å². The van der Waals surface area contributed by atoms with Crippen molar-refractivity contribution in [1.29, 1.82) is 0 Å². The number of carboxylic acid groups (broad SMARTS) is 1. The molecule has 0 spiro atoms. The number of halogens is 2. The molecular weight excluding hydrogens is 260 g/mol. The standard InChI is InChI=1S/C12H21F2NO4/c1-7(2)8(6-12(13,14)9(16)17)15-10(18)19-11(3,4)5/h7-8H,6H2,1-5H3,(H,15,18)(H,16,17). The number of hydrogen-bond acceptors (Lipinski definition) is 3. The molecule has 0 rings (SSSR count). The first-order valence-electron chi connectivity index (χ1n) is 5.96. The third kappa shape index (κ3) is 6.93. The lowest BCUT2D eigenvalue weighted by atomic mass is 9.97. The number of rotatable bonds is 5. The summed E-state index contributed by atoms with van der Waals surface area (Å²) in [4.78, 5) is 21.9. The van der Waals surface area contributed by atoms with Crippen LogP contribution < -0.4 is 5.32 Å². The minimum atomic E-state index is -3.88. The Morgan fingerprint density at radius 1 is 1.26 bits per heavy atom. The van der Waals surface area contributed by atoms with Gasteiger partial charge in [0.25, 0.3) is 0 Å². The quantitative estimate of drug-likeness (QED) is 0.812. The number of carboxylic acids is 1. The van der Waals surface area contributed by atoms with Gasteiger partial charge in [0, 0.05) is 12.5 Å². The molecule has 0 aliphatic carbocycles. The lowest BCUT2D eigenvalue weighted by Crippen LogP contribution is -2.46. The molecule has 19 heavy (non-hydrogen) atoms. The minimum Gasteiger partial charge on any atom is -0.477 e. The second-order valence-corrected chi connectivity index (χ2v) is 5.71. The van der Waals surface area contributed by atoms with Gasteiger partial charge in [-0.1, -0.05) is 13.8 Å². The summed E-state index contributed by atoms with van der Waals surface area (Å²) in [6.07, 6.45) is -1.81. The topological polar surface area (TPSA) is 75.6 Å². The van der Waals surface area contributed by atoms with Gasteiger partial charge in [0.1, 0.15) is 5.60 Å². The molecular formula is C12H21F2NO4. The van der Waals surface area contributed by atoms with Gasteiger partial charge in [0.05, 0.1) is 0 Å². The lowest BCUT2D eigenvalue weighted by molar-refractivity contribution is -0.166. The number of alkyl halides is 2. The van der Waals surface area contributed by atoms with Crippen LogP contribution in [-0.4, -0.2) is 34.7 Å². The van der Waals surface area contributed by atoms with Crippen molar-refractivity contribution in [2.24, 2.45) is 5.92 Å². The number of carbonyl (C=O) groups excluding carboxylic acids is 1. The van der Waals surface area contributed by atoms with Crippen molar-refractivity contribution >= 4 is 12.1 Å². The number of alkyl carbamates (subject to hydrolysis) is 1. The Balaban J connectivity index is 4.69. The van der Waals surface area contributed by atoms with Crippen molar-refractivity contribution < 1.29 is 28.2 Å². The fraction of sp³-hybridized carbons (Fsp3) is 0.833. The van der Waals surface area contributed by atoms with E-state index in [1.165, 1.54) is 0 Å². The highest BCUT2D eigenvalue weighted by molar-refractivity contribution is 5.75. The molecule has 0 saturated heterocycles. The predicted molar refractivity (Wildman–Crippen MR) is 65.2 cm³/mol. The normalized spacial score (nSPS) is 14.1. The first-order chi connectivity index (χ1) is 8.35. The van der Waals surface area contributed by atoms with Gasteiger partial charge < -0.3 is 15.2 Å². The van der Waals surface area contributed by atoms with Crippen LogP contribution >= 0.6 is 0 Å². The zero-order valence-electron chi connectivity index (χ0n) is 11.8. The van der Waals surface area contributed by atoms with E-state index in [-0.39, 0.29) is 5.92 Å². The van der Waals surface area contributed by atoms with Crippen LogP contribution in [0.3, 0.4) is 0 Å². The molecule has 0 fully saturated rings. The molecule has 0 aliphatic heterocycles. The number of nitrogens with one attached hydrogen (secondary N) is 1. The average Bonchev–Trinajstić information content (AvgIpc) is 2.12. The number of carbonyl (C=O) groups is 2. The van der Waals surface area contributed by atoms with Crippen LogP contribution in [0.2, 0.25) is 0 Å². The molecule has 2 N–H and O–H groups in total. The predicted octanol–water partition coefficient (Wildman–Crippen LogP) is 2.65. The van der Waals surface area contributed by atoms with Crippen LogP contribution in [0.4, 0.5) is 13.6 Å². The van der Waals surface area contributed by atoms with Crippen LogP contribution in [0.1, 0.15) is 41.0 Å². The van der Waals surface area contributed by atoms with Gasteiger partial charge in [-0.15, -0.1) is 0 Å². The summed E-state index contributed by atoms with van der Waals surface area (Å²) >= 11 is 0. The van der Waals surface area contributed by atoms with Gasteiger partial charge in [0.15, 0.2) is 0 Å². The van der Waals surface area contributed by atoms with Crippen LogP contribution in [0, 0.1) is 5.92 Å². The van der Waals surface area contributed by atoms with E-state index in [1.807, 2.05) is 0 Å². The highest BCUT2D eigenvalue weighted by atomic mass is 19.3. The molecule has 1 unspecified atom stereocenters. The smallest absolute Gasteiger partial charge is 0.407 e. The largest absolute Gasteiger partial charge is 0.477 e. The first kappa shape index (κ1) is 17.6. The van der Waals surface area contributed by atoms with Crippen LogP contribution in [-0.2, 0) is 9.53 Å². The summed E-state index contributed by atoms with van der Waals surface area (Å²) < 4.78 is 31.3. The molecule has 0 heterocycles. The second-order valence-electron chi connectivity index (χ2n) is 5.71. The van der Waals surface area contributed by atoms with E-state index in [0.717, 1.165) is 0 Å². The zero-order valence-corrected chi connectivity index (χ0v) is 11.8. The molecule has 0 aromatic carbocycles. The number of hydrogen-bond donors (Lipinski definition) is 2. The molecule has 1 amide bonds. The Bertz CT molecular complexity index is 337. The zero-order chi connectivity index (χ0) is 15.4. The van der Waals surface area contributed by atoms with Crippen molar-refractivity contribution in [1.82, 2.24) is 5.32 Å². The Hall–Kier alpha value is -1.40. The van der Waals surface area contributed by atoms with Crippen LogP contribution in [0.5, 0.6) is 0 Å². The Kier molecular flexibility index (Phi) is 5.71. The molecule has 0 aromatic heterocycles. The number of aliphatic carboxylic acids is 1. The average molecular weight is 281 g/mol. The summed E-state index contributed by atoms with van der Waals surface area (Å²) in [5.41, 5.74) is -0.749. The fourth-order valence-electron chi connectivity index (χ4n) is 1.28. The minimum absolute atomic E-state index is 0.349. The van der Waals surface area contributed by atoms with Crippen molar-refractivity contribution in [2.75, 3.05) is 0 Å². The van der Waals surface area contributed by atoms with Gasteiger partial charge in [0.2, 0.25) is 0 Å². The molecule has 1 atom stereocenters. The molecule has 7 heteroatoms. The van der Waals surface area contributed by atoms with E-state index in [9.17, 15) is 18.4 Å². The van der Waals surface area contributed by atoms with Gasteiger partial charge in [-0.05, 0) is 26.7 Å². The summed E-state index contributed by atoms with van der Waals surface area (Å²) in [6.45, 7) is 8.15. The third-order valence-corrected chi connectivity index (χ3v) is 2.30. The second kappa shape index (κ2) is 6.16. The summed E-state index contributed by atoms with van der Waals surface area (Å²) in [5, 5.41) is 10.7. The van der Waals surface area contributed by atoms with E-state index >= 15 is 0 Å². The molecule has 0 aliphatic rings. The van der Waals surface area contributed by atoms with Crippen molar-refractivity contribution in [2.45, 2.75) is 58.6 Å². The number of ether oxygens (including phenoxy) is 1. The maximum atomic E-state index is 13.2. The molecule has 112 valence electrons. The van der Waals surface area contributed by atoms with Crippen molar-refractivity contribution in [3.8, 4) is 0 Å². The van der Waals surface area contributed by atoms with Crippen LogP contribution in [0.15, 0.2) is 0 Å². The molecule has 0 bridgehead atoms. The highest BCUT2D eigenvalue weighted by Crippen LogP contribution is 2.24. The Morgan fingerprint density at radius 3 is 2.05 bits per heavy atom. The van der Waals surface area contributed by atoms with Crippen LogP contribution in [0.25, 0.3) is 0 Å². The molecule has 0 aromatic rings. The summed E-state index contributed by atoms with van der Waals surface area (Å²) in [5.74, 6) is -6.44. The number of amides is 1. The fourth-order valence-corrected chi connectivity index (χ4v) is 1.28. The lowest BCUT2D eigenvalue weighted by Gasteiger charge is -2.27. The first-order valence-corrected chi connectivity index (χ1v) is 5.96. The molecule has 0 saturated carbocycles. The van der Waals surface area contributed by atoms with E-state index in [0.29, 0.717) is 0 Å². The monoisotopic (exact) mass is 281 g/mol. The SMILES string of the molecule is CC(C)C(CC(F)(F)C(=O)O)NC(=O)OC(C)(C)C. The van der Waals surface area contributed by atoms with E-state index < -0.39 is 36.0 Å². The maximum Gasteiger partial charge on any atom is 0.407 e. The van der Waals surface area contributed by atoms with E-state index in [4.69, 9.17) is 9.84 Å². The molecule has 0 radical (unpaired) electrons. The van der Waals surface area contributed by atoms with E-state index in [1.54, 1.807) is 34.6 Å². The summed E-state index contributed by atoms with van der Waals surface area (Å²) in [6, 6.07) is -0.985. The summed E-state index contributed by atoms with van der Waals surface area (Å²) in [7, 11) is 0. The van der Waals surface area contributed by atoms with Gasteiger partial charge >= 0.3 is 18.0 Å². The Labute approximate surface area is 111 Å². The third-order valence-electron chi connectivity index (χ3n) is 2.30. The van der Waals surface area contributed by atoms with Gasteiger partial charge in [-0.2, -0.15) is 8.78 Å². The maximum absolute atomic E-state index is 13.2. The van der Waals surface area contributed by atoms with Gasteiger partial charge in [-0.3, -0.25) is 0 Å². The van der Waals surface area contributed by atoms with E-state index in [2.05, 4.69) is 5.32 Å². The highest BCUT2D eigenvalue weighted by Gasteiger charge is 2.42. The molecule has 5 nitrogen and oxygen atoms in total. The van der Waals surface area contributed by atoms with Crippen molar-refractivity contribution in [3.63, 3.8) is 0 Å². The van der Waals surface area contributed by atoms with Gasteiger partial charge in [-0.25, -0.2) is 9.59 Å².